The summed E-state index contributed by atoms with van der Waals surface area (Å²) in [5.41, 5.74) is 0. The normalized spacial score (nSPS) is 10.9. The summed E-state index contributed by atoms with van der Waals surface area (Å²) < 4.78 is 5.45. The molecule has 2 aromatic carbocycles. The van der Waals surface area contributed by atoms with Crippen LogP contribution in [0.3, 0.4) is 0 Å². The predicted octanol–water partition coefficient (Wildman–Crippen LogP) is 3.80. The van der Waals surface area contributed by atoms with E-state index in [9.17, 15) is 4.79 Å². The van der Waals surface area contributed by atoms with Gasteiger partial charge in [0, 0.05) is 8.07 Å². The number of benzene rings is 2. The van der Waals surface area contributed by atoms with E-state index in [1.54, 1.807) is 5.80 Å². The Hall–Kier alpha value is -1.70. The average molecular weight is 343 g/mol. The van der Waals surface area contributed by atoms with Crippen LogP contribution >= 0.6 is 7.55 Å². The van der Waals surface area contributed by atoms with Crippen molar-refractivity contribution in [2.45, 2.75) is 25.7 Å². The second kappa shape index (κ2) is 8.23. The molecule has 0 amide bonds. The Kier molecular flexibility index (Phi) is 6.32. The topological polar surface area (TPSA) is 26.3 Å². The van der Waals surface area contributed by atoms with Gasteiger partial charge < -0.3 is 4.74 Å². The van der Waals surface area contributed by atoms with E-state index < -0.39 is 15.6 Å². The van der Waals surface area contributed by atoms with Crippen LogP contribution in [0.4, 0.5) is 0 Å². The molecule has 23 heavy (non-hydrogen) atoms. The lowest BCUT2D eigenvalue weighted by Crippen LogP contribution is -2.23. The number of carbonyl (C=O) groups is 1. The fourth-order valence-electron chi connectivity index (χ4n) is 2.08. The van der Waals surface area contributed by atoms with Gasteiger partial charge in [0.15, 0.2) is 18.2 Å². The quantitative estimate of drug-likeness (QED) is 0.453. The third-order valence-electron chi connectivity index (χ3n) is 3.40. The third kappa shape index (κ3) is 6.13. The Morgan fingerprint density at radius 1 is 0.957 bits per heavy atom. The summed E-state index contributed by atoms with van der Waals surface area (Å²) in [5, 5.41) is 2.33. The van der Waals surface area contributed by atoms with Crippen molar-refractivity contribution in [3.63, 3.8) is 0 Å². The Balaban J connectivity index is 2.19. The minimum absolute atomic E-state index is 0.206. The summed E-state index contributed by atoms with van der Waals surface area (Å²) in [5.74, 6) is 1.55. The van der Waals surface area contributed by atoms with Gasteiger partial charge in [-0.15, -0.1) is 0 Å². The zero-order valence-corrected chi connectivity index (χ0v) is 15.9. The summed E-state index contributed by atoms with van der Waals surface area (Å²) in [7, 11) is -2.00. The molecule has 0 radical (unpaired) electrons. The summed E-state index contributed by atoms with van der Waals surface area (Å²) in [6.07, 6.45) is 0. The predicted molar refractivity (Wildman–Crippen MR) is 104 cm³/mol. The zero-order valence-electron chi connectivity index (χ0n) is 14.0. The average Bonchev–Trinajstić information content (AvgIpc) is 2.53. The highest BCUT2D eigenvalue weighted by Crippen LogP contribution is 2.20. The van der Waals surface area contributed by atoms with E-state index >= 15 is 0 Å². The molecule has 0 aliphatic heterocycles. The second-order valence-electron chi connectivity index (χ2n) is 6.65. The number of rotatable bonds is 6. The van der Waals surface area contributed by atoms with Crippen LogP contribution in [0.1, 0.15) is 0 Å². The molecule has 0 bridgehead atoms. The van der Waals surface area contributed by atoms with Crippen molar-refractivity contribution in [2.24, 2.45) is 0 Å². The first kappa shape index (κ1) is 17.6. The van der Waals surface area contributed by atoms with Crippen LogP contribution in [0.5, 0.6) is 0 Å². The largest absolute Gasteiger partial charge is 0.460 e. The minimum atomic E-state index is -1.18. The van der Waals surface area contributed by atoms with Crippen LogP contribution in [0.15, 0.2) is 60.7 Å². The molecule has 0 aliphatic carbocycles. The lowest BCUT2D eigenvalue weighted by Gasteiger charge is -2.14. The number of carbonyl (C=O) groups excluding carboxylic acids is 1. The maximum atomic E-state index is 12.2. The molecule has 0 fully saturated rings. The molecule has 4 heteroatoms. The molecule has 0 atom stereocenters. The van der Waals surface area contributed by atoms with E-state index in [2.05, 4.69) is 43.9 Å². The van der Waals surface area contributed by atoms with Gasteiger partial charge in [0.2, 0.25) is 5.80 Å². The van der Waals surface area contributed by atoms with Crippen molar-refractivity contribution in [2.75, 3.05) is 6.61 Å². The maximum Gasteiger partial charge on any atom is 0.374 e. The van der Waals surface area contributed by atoms with Crippen molar-refractivity contribution >= 4 is 38.0 Å². The molecule has 120 valence electrons. The van der Waals surface area contributed by atoms with E-state index in [1.807, 2.05) is 36.4 Å². The van der Waals surface area contributed by atoms with E-state index in [1.165, 1.54) is 0 Å². The number of hydrogen-bond acceptors (Lipinski definition) is 2. The van der Waals surface area contributed by atoms with Gasteiger partial charge in [0.25, 0.3) is 0 Å². The first-order chi connectivity index (χ1) is 11.0. The van der Waals surface area contributed by atoms with Gasteiger partial charge in [0.05, 0.1) is 6.61 Å². The molecule has 0 spiro atoms. The molecule has 0 saturated carbocycles. The molecular weight excluding hydrogens is 319 g/mol. The fourth-order valence-corrected chi connectivity index (χ4v) is 4.66. The van der Waals surface area contributed by atoms with Crippen LogP contribution in [0.25, 0.3) is 0 Å². The highest BCUT2D eigenvalue weighted by Gasteiger charge is 2.21. The summed E-state index contributed by atoms with van der Waals surface area (Å²) >= 11 is 0. The van der Waals surface area contributed by atoms with Crippen LogP contribution in [0.2, 0.25) is 25.7 Å². The monoisotopic (exact) mass is 343 g/mol. The lowest BCUT2D eigenvalue weighted by atomic mass is 10.4. The van der Waals surface area contributed by atoms with E-state index in [0.717, 1.165) is 16.7 Å². The number of hydrogen-bond donors (Lipinski definition) is 0. The molecule has 0 aromatic heterocycles. The van der Waals surface area contributed by atoms with Crippen LogP contribution in [-0.2, 0) is 9.53 Å². The molecule has 0 unspecified atom stereocenters. The van der Waals surface area contributed by atoms with Crippen molar-refractivity contribution < 1.29 is 9.53 Å². The number of ether oxygens (including phenoxy) is 1. The molecule has 2 rings (SSSR count). The zero-order chi connectivity index (χ0) is 16.7. The maximum absolute atomic E-state index is 12.2. The SMILES string of the molecule is C[Si](C)(C)CCOC(=O)C=[P+](c1ccccc1)c1ccccc1. The Labute approximate surface area is 140 Å². The van der Waals surface area contributed by atoms with Crippen molar-refractivity contribution in [3.8, 4) is 0 Å². The van der Waals surface area contributed by atoms with Crippen LogP contribution < -0.4 is 10.6 Å². The second-order valence-corrected chi connectivity index (χ2v) is 14.3. The highest BCUT2D eigenvalue weighted by atomic mass is 31.1. The fraction of sp³-hybridized carbons (Fsp3) is 0.263. The molecule has 0 saturated heterocycles. The third-order valence-corrected chi connectivity index (χ3v) is 7.28. The first-order valence-electron chi connectivity index (χ1n) is 7.87. The number of esters is 1. The molecule has 0 N–H and O–H groups in total. The van der Waals surface area contributed by atoms with E-state index in [4.69, 9.17) is 4.74 Å². The smallest absolute Gasteiger partial charge is 0.374 e. The van der Waals surface area contributed by atoms with E-state index in [0.29, 0.717) is 6.61 Å². The van der Waals surface area contributed by atoms with Gasteiger partial charge in [-0.25, -0.2) is 4.79 Å². The van der Waals surface area contributed by atoms with Gasteiger partial charge in [-0.05, 0) is 30.3 Å². The summed E-state index contributed by atoms with van der Waals surface area (Å²) in [4.78, 5) is 12.2. The van der Waals surface area contributed by atoms with Gasteiger partial charge in [0.1, 0.15) is 0 Å². The van der Waals surface area contributed by atoms with Crippen molar-refractivity contribution in [1.82, 2.24) is 0 Å². The highest BCUT2D eigenvalue weighted by molar-refractivity contribution is 7.73. The minimum Gasteiger partial charge on any atom is -0.460 e. The van der Waals surface area contributed by atoms with Crippen molar-refractivity contribution in [3.05, 3.63) is 60.7 Å². The van der Waals surface area contributed by atoms with E-state index in [-0.39, 0.29) is 5.97 Å². The molecule has 0 aliphatic rings. The molecule has 2 nitrogen and oxygen atoms in total. The Morgan fingerprint density at radius 2 is 1.43 bits per heavy atom. The van der Waals surface area contributed by atoms with Gasteiger partial charge in [-0.2, -0.15) is 0 Å². The standard InChI is InChI=1S/C19H24O2PSi/c1-23(2,3)15-14-21-19(20)16-22(17-10-6-4-7-11-17)18-12-8-5-9-13-18/h4-13,16H,14-15H2,1-3H3/q+1. The van der Waals surface area contributed by atoms with Crippen LogP contribution in [-0.4, -0.2) is 26.4 Å². The van der Waals surface area contributed by atoms with Gasteiger partial charge in [-0.3, -0.25) is 0 Å². The Bertz CT molecular complexity index is 619. The molecule has 2 aromatic rings. The van der Waals surface area contributed by atoms with Crippen LogP contribution in [0, 0.1) is 0 Å². The molecular formula is C19H24O2PSi+. The summed E-state index contributed by atoms with van der Waals surface area (Å²) in [6.45, 7) is 7.37. The Morgan fingerprint density at radius 3 is 1.87 bits per heavy atom. The molecule has 0 heterocycles. The van der Waals surface area contributed by atoms with Crippen molar-refractivity contribution in [1.29, 1.82) is 0 Å². The lowest BCUT2D eigenvalue weighted by molar-refractivity contribution is -0.134. The summed E-state index contributed by atoms with van der Waals surface area (Å²) in [6, 6.07) is 21.3. The first-order valence-corrected chi connectivity index (χ1v) is 13.0. The van der Waals surface area contributed by atoms with Gasteiger partial charge in [-0.1, -0.05) is 56.0 Å². The van der Waals surface area contributed by atoms with Gasteiger partial charge >= 0.3 is 5.97 Å².